The van der Waals surface area contributed by atoms with Gasteiger partial charge in [-0.15, -0.1) is 11.3 Å². The molecule has 0 aliphatic rings. The Balaban J connectivity index is 2.63. The SMILES string of the molecule is CCOc1ccsc1C(=O)NCCO. The van der Waals surface area contributed by atoms with Crippen molar-refractivity contribution in [2.24, 2.45) is 0 Å². The lowest BCUT2D eigenvalue weighted by molar-refractivity contribution is 0.0945. The summed E-state index contributed by atoms with van der Waals surface area (Å²) in [4.78, 5) is 12.0. The second-order valence-electron chi connectivity index (χ2n) is 2.53. The summed E-state index contributed by atoms with van der Waals surface area (Å²) in [6.45, 7) is 2.62. The van der Waals surface area contributed by atoms with E-state index in [1.54, 1.807) is 11.4 Å². The molecule has 1 amide bonds. The quantitative estimate of drug-likeness (QED) is 0.766. The van der Waals surface area contributed by atoms with Crippen molar-refractivity contribution in [3.8, 4) is 5.75 Å². The minimum absolute atomic E-state index is 0.0545. The van der Waals surface area contributed by atoms with Crippen molar-refractivity contribution >= 4 is 17.2 Å². The van der Waals surface area contributed by atoms with Crippen molar-refractivity contribution in [2.75, 3.05) is 19.8 Å². The molecule has 1 aromatic rings. The van der Waals surface area contributed by atoms with Gasteiger partial charge in [0, 0.05) is 6.54 Å². The molecule has 0 spiro atoms. The van der Waals surface area contributed by atoms with Crippen LogP contribution in [0.2, 0.25) is 0 Å². The van der Waals surface area contributed by atoms with Gasteiger partial charge >= 0.3 is 0 Å². The molecule has 5 heteroatoms. The highest BCUT2D eigenvalue weighted by atomic mass is 32.1. The van der Waals surface area contributed by atoms with Crippen molar-refractivity contribution in [3.05, 3.63) is 16.3 Å². The molecule has 0 fully saturated rings. The number of aliphatic hydroxyl groups excluding tert-OH is 1. The highest BCUT2D eigenvalue weighted by Crippen LogP contribution is 2.24. The Morgan fingerprint density at radius 2 is 2.50 bits per heavy atom. The highest BCUT2D eigenvalue weighted by Gasteiger charge is 2.12. The normalized spacial score (nSPS) is 9.86. The number of thiophene rings is 1. The summed E-state index contributed by atoms with van der Waals surface area (Å²) < 4.78 is 5.27. The van der Waals surface area contributed by atoms with E-state index in [2.05, 4.69) is 5.32 Å². The maximum atomic E-state index is 11.5. The summed E-state index contributed by atoms with van der Waals surface area (Å²) in [6, 6.07) is 1.77. The fourth-order valence-corrected chi connectivity index (χ4v) is 1.73. The Morgan fingerprint density at radius 3 is 3.14 bits per heavy atom. The van der Waals surface area contributed by atoms with E-state index < -0.39 is 0 Å². The van der Waals surface area contributed by atoms with Gasteiger partial charge in [-0.1, -0.05) is 0 Å². The monoisotopic (exact) mass is 215 g/mol. The van der Waals surface area contributed by atoms with E-state index in [9.17, 15) is 4.79 Å². The van der Waals surface area contributed by atoms with Crippen molar-refractivity contribution in [1.29, 1.82) is 0 Å². The molecule has 4 nitrogen and oxygen atoms in total. The molecular formula is C9H13NO3S. The molecule has 14 heavy (non-hydrogen) atoms. The second-order valence-corrected chi connectivity index (χ2v) is 3.44. The molecular weight excluding hydrogens is 202 g/mol. The second kappa shape index (κ2) is 5.62. The van der Waals surface area contributed by atoms with Crippen molar-refractivity contribution in [2.45, 2.75) is 6.92 Å². The minimum Gasteiger partial charge on any atom is -0.492 e. The molecule has 1 aromatic heterocycles. The summed E-state index contributed by atoms with van der Waals surface area (Å²) >= 11 is 1.33. The van der Waals surface area contributed by atoms with Crippen LogP contribution >= 0.6 is 11.3 Å². The topological polar surface area (TPSA) is 58.6 Å². The highest BCUT2D eigenvalue weighted by molar-refractivity contribution is 7.12. The first-order valence-corrected chi connectivity index (χ1v) is 5.27. The van der Waals surface area contributed by atoms with Crippen LogP contribution in [0.1, 0.15) is 16.6 Å². The number of hydrogen-bond acceptors (Lipinski definition) is 4. The first kappa shape index (κ1) is 11.0. The van der Waals surface area contributed by atoms with E-state index >= 15 is 0 Å². The third kappa shape index (κ3) is 2.71. The summed E-state index contributed by atoms with van der Waals surface area (Å²) in [5.74, 6) is 0.408. The van der Waals surface area contributed by atoms with E-state index in [0.29, 0.717) is 17.2 Å². The van der Waals surface area contributed by atoms with E-state index in [-0.39, 0.29) is 19.1 Å². The minimum atomic E-state index is -0.197. The van der Waals surface area contributed by atoms with Gasteiger partial charge in [0.25, 0.3) is 5.91 Å². The Kier molecular flexibility index (Phi) is 4.42. The number of nitrogens with one attached hydrogen (secondary N) is 1. The number of rotatable bonds is 5. The lowest BCUT2D eigenvalue weighted by Crippen LogP contribution is -2.25. The van der Waals surface area contributed by atoms with Crippen LogP contribution in [0.15, 0.2) is 11.4 Å². The summed E-state index contributed by atoms with van der Waals surface area (Å²) in [7, 11) is 0. The van der Waals surface area contributed by atoms with Crippen LogP contribution in [0.3, 0.4) is 0 Å². The Labute approximate surface area is 86.5 Å². The number of carbonyl (C=O) groups is 1. The van der Waals surface area contributed by atoms with Crippen LogP contribution in [0.4, 0.5) is 0 Å². The average Bonchev–Trinajstić information content (AvgIpc) is 2.63. The van der Waals surface area contributed by atoms with Crippen molar-refractivity contribution in [1.82, 2.24) is 5.32 Å². The maximum Gasteiger partial charge on any atom is 0.265 e. The maximum absolute atomic E-state index is 11.5. The standard InChI is InChI=1S/C9H13NO3S/c1-2-13-7-3-6-14-8(7)9(12)10-4-5-11/h3,6,11H,2,4-5H2,1H3,(H,10,12). The number of amides is 1. The van der Waals surface area contributed by atoms with Crippen LogP contribution in [-0.2, 0) is 0 Å². The van der Waals surface area contributed by atoms with E-state index in [1.165, 1.54) is 11.3 Å². The van der Waals surface area contributed by atoms with Crippen LogP contribution in [0, 0.1) is 0 Å². The first-order valence-electron chi connectivity index (χ1n) is 4.39. The molecule has 0 radical (unpaired) electrons. The predicted octanol–water partition coefficient (Wildman–Crippen LogP) is 0.869. The molecule has 0 unspecified atom stereocenters. The number of ether oxygens (including phenoxy) is 1. The lowest BCUT2D eigenvalue weighted by Gasteiger charge is -2.04. The van der Waals surface area contributed by atoms with E-state index in [4.69, 9.17) is 9.84 Å². The van der Waals surface area contributed by atoms with Crippen molar-refractivity contribution in [3.63, 3.8) is 0 Å². The molecule has 0 saturated heterocycles. The van der Waals surface area contributed by atoms with Crippen LogP contribution in [0.5, 0.6) is 5.75 Å². The zero-order valence-corrected chi connectivity index (χ0v) is 8.76. The summed E-state index contributed by atoms with van der Waals surface area (Å²) in [5, 5.41) is 12.9. The molecule has 1 heterocycles. The van der Waals surface area contributed by atoms with E-state index in [1.807, 2.05) is 6.92 Å². The van der Waals surface area contributed by atoms with Crippen LogP contribution < -0.4 is 10.1 Å². The third-order valence-electron chi connectivity index (χ3n) is 1.53. The largest absolute Gasteiger partial charge is 0.492 e. The fourth-order valence-electron chi connectivity index (χ4n) is 0.982. The van der Waals surface area contributed by atoms with Gasteiger partial charge in [0.2, 0.25) is 0 Å². The number of aliphatic hydroxyl groups is 1. The zero-order valence-electron chi connectivity index (χ0n) is 7.95. The summed E-state index contributed by atoms with van der Waals surface area (Å²) in [5.41, 5.74) is 0. The Bertz CT molecular complexity index is 298. The molecule has 2 N–H and O–H groups in total. The van der Waals surface area contributed by atoms with Gasteiger partial charge in [-0.05, 0) is 18.4 Å². The smallest absolute Gasteiger partial charge is 0.265 e. The molecule has 0 bridgehead atoms. The number of hydrogen-bond donors (Lipinski definition) is 2. The van der Waals surface area contributed by atoms with E-state index in [0.717, 1.165) is 0 Å². The fraction of sp³-hybridized carbons (Fsp3) is 0.444. The Hall–Kier alpha value is -1.07. The molecule has 0 atom stereocenters. The predicted molar refractivity (Wildman–Crippen MR) is 54.9 cm³/mol. The zero-order chi connectivity index (χ0) is 10.4. The molecule has 0 aromatic carbocycles. The molecule has 0 saturated carbocycles. The first-order chi connectivity index (χ1) is 6.79. The van der Waals surface area contributed by atoms with Crippen LogP contribution in [0.25, 0.3) is 0 Å². The van der Waals surface area contributed by atoms with Gasteiger partial charge in [0.1, 0.15) is 10.6 Å². The summed E-state index contributed by atoms with van der Waals surface area (Å²) in [6.07, 6.45) is 0. The van der Waals surface area contributed by atoms with Gasteiger partial charge in [-0.2, -0.15) is 0 Å². The van der Waals surface area contributed by atoms with Crippen molar-refractivity contribution < 1.29 is 14.6 Å². The van der Waals surface area contributed by atoms with Gasteiger partial charge in [0.05, 0.1) is 13.2 Å². The van der Waals surface area contributed by atoms with Gasteiger partial charge < -0.3 is 15.2 Å². The van der Waals surface area contributed by atoms with Gasteiger partial charge in [-0.3, -0.25) is 4.79 Å². The lowest BCUT2D eigenvalue weighted by atomic mass is 10.4. The molecule has 1 rings (SSSR count). The molecule has 78 valence electrons. The number of carbonyl (C=O) groups excluding carboxylic acids is 1. The van der Waals surface area contributed by atoms with Crippen LogP contribution in [-0.4, -0.2) is 30.8 Å². The van der Waals surface area contributed by atoms with Gasteiger partial charge in [-0.25, -0.2) is 0 Å². The third-order valence-corrected chi connectivity index (χ3v) is 2.43. The average molecular weight is 215 g/mol. The van der Waals surface area contributed by atoms with Gasteiger partial charge in [0.15, 0.2) is 0 Å². The molecule has 0 aliphatic carbocycles. The molecule has 0 aliphatic heterocycles. The Morgan fingerprint density at radius 1 is 1.71 bits per heavy atom.